The van der Waals surface area contributed by atoms with Gasteiger partial charge in [-0.25, -0.2) is 4.68 Å². The molecule has 0 saturated carbocycles. The fourth-order valence-electron chi connectivity index (χ4n) is 1.27. The van der Waals surface area contributed by atoms with Crippen molar-refractivity contribution in [1.82, 2.24) is 9.78 Å². The van der Waals surface area contributed by atoms with Crippen molar-refractivity contribution in [2.24, 2.45) is 0 Å². The van der Waals surface area contributed by atoms with Gasteiger partial charge in [-0.05, 0) is 25.1 Å². The minimum absolute atomic E-state index is 0.457. The number of benzene rings is 1. The lowest BCUT2D eigenvalue weighted by atomic mass is 10.2. The summed E-state index contributed by atoms with van der Waals surface area (Å²) in [5.41, 5.74) is 3.21. The molecular formula is C11H11ClN2. The number of aryl methyl sites for hydroxylation is 1. The monoisotopic (exact) mass is 206 g/mol. The van der Waals surface area contributed by atoms with Crippen molar-refractivity contribution in [1.29, 1.82) is 0 Å². The molecular weight excluding hydrogens is 196 g/mol. The van der Waals surface area contributed by atoms with Crippen molar-refractivity contribution < 1.29 is 0 Å². The molecule has 3 heteroatoms. The maximum Gasteiger partial charge on any atom is 0.0776 e. The fourth-order valence-corrected chi connectivity index (χ4v) is 1.42. The number of aromatic nitrogens is 2. The highest BCUT2D eigenvalue weighted by molar-refractivity contribution is 6.16. The molecule has 2 rings (SSSR count). The summed E-state index contributed by atoms with van der Waals surface area (Å²) in [6, 6.07) is 10.1. The molecule has 0 spiro atoms. The van der Waals surface area contributed by atoms with Gasteiger partial charge in [0.05, 0.1) is 17.3 Å². The van der Waals surface area contributed by atoms with Crippen LogP contribution in [0.3, 0.4) is 0 Å². The van der Waals surface area contributed by atoms with Gasteiger partial charge >= 0.3 is 0 Å². The van der Waals surface area contributed by atoms with Crippen LogP contribution in [0.5, 0.6) is 0 Å². The second-order valence-corrected chi connectivity index (χ2v) is 3.49. The summed E-state index contributed by atoms with van der Waals surface area (Å²) in [6.07, 6.45) is 1.92. The molecule has 2 aromatic rings. The van der Waals surface area contributed by atoms with Gasteiger partial charge in [-0.1, -0.05) is 17.7 Å². The number of hydrogen-bond donors (Lipinski definition) is 0. The van der Waals surface area contributed by atoms with E-state index in [4.69, 9.17) is 11.6 Å². The Labute approximate surface area is 88.1 Å². The van der Waals surface area contributed by atoms with Crippen LogP contribution in [-0.4, -0.2) is 9.78 Å². The van der Waals surface area contributed by atoms with Crippen LogP contribution in [0.15, 0.2) is 36.5 Å². The van der Waals surface area contributed by atoms with Crippen molar-refractivity contribution >= 4 is 11.6 Å². The first-order valence-corrected chi connectivity index (χ1v) is 5.00. The largest absolute Gasteiger partial charge is 0.241 e. The molecule has 0 aliphatic rings. The van der Waals surface area contributed by atoms with Crippen molar-refractivity contribution in [3.8, 4) is 5.69 Å². The van der Waals surface area contributed by atoms with Gasteiger partial charge in [-0.2, -0.15) is 5.10 Å². The van der Waals surface area contributed by atoms with Crippen molar-refractivity contribution in [2.75, 3.05) is 0 Å². The molecule has 0 aliphatic carbocycles. The van der Waals surface area contributed by atoms with Gasteiger partial charge in [-0.15, -0.1) is 11.6 Å². The van der Waals surface area contributed by atoms with Gasteiger partial charge in [0, 0.05) is 6.20 Å². The Morgan fingerprint density at radius 3 is 2.50 bits per heavy atom. The topological polar surface area (TPSA) is 17.8 Å². The molecule has 14 heavy (non-hydrogen) atoms. The maximum absolute atomic E-state index is 5.68. The third-order valence-corrected chi connectivity index (χ3v) is 2.35. The summed E-state index contributed by atoms with van der Waals surface area (Å²) in [5, 5.41) is 4.31. The molecule has 72 valence electrons. The minimum Gasteiger partial charge on any atom is -0.241 e. The maximum atomic E-state index is 5.68. The lowest BCUT2D eigenvalue weighted by Crippen LogP contribution is -1.95. The molecule has 1 aromatic heterocycles. The zero-order chi connectivity index (χ0) is 9.97. The second-order valence-electron chi connectivity index (χ2n) is 3.22. The highest BCUT2D eigenvalue weighted by Crippen LogP contribution is 2.09. The number of hydrogen-bond acceptors (Lipinski definition) is 1. The summed E-state index contributed by atoms with van der Waals surface area (Å²) in [5.74, 6) is 0.457. The molecule has 2 nitrogen and oxygen atoms in total. The molecule has 0 unspecified atom stereocenters. The average molecular weight is 207 g/mol. The van der Waals surface area contributed by atoms with Crippen LogP contribution < -0.4 is 0 Å². The zero-order valence-electron chi connectivity index (χ0n) is 7.94. The SMILES string of the molecule is Cc1ccc(-n2ccc(CCl)n2)cc1. The van der Waals surface area contributed by atoms with Crippen LogP contribution >= 0.6 is 11.6 Å². The van der Waals surface area contributed by atoms with Crippen LogP contribution in [0.4, 0.5) is 0 Å². The van der Waals surface area contributed by atoms with Gasteiger partial charge in [-0.3, -0.25) is 0 Å². The van der Waals surface area contributed by atoms with Gasteiger partial charge in [0.1, 0.15) is 0 Å². The molecule has 0 saturated heterocycles. The average Bonchev–Trinajstić information content (AvgIpc) is 2.67. The zero-order valence-corrected chi connectivity index (χ0v) is 8.70. The molecule has 0 aliphatic heterocycles. The van der Waals surface area contributed by atoms with E-state index in [9.17, 15) is 0 Å². The molecule has 0 atom stereocenters. The summed E-state index contributed by atoms with van der Waals surface area (Å²) >= 11 is 5.68. The highest BCUT2D eigenvalue weighted by atomic mass is 35.5. The van der Waals surface area contributed by atoms with E-state index in [0.717, 1.165) is 11.4 Å². The molecule has 1 aromatic carbocycles. The molecule has 0 fully saturated rings. The molecule has 0 amide bonds. The number of halogens is 1. The summed E-state index contributed by atoms with van der Waals surface area (Å²) in [6.45, 7) is 2.07. The molecule has 0 radical (unpaired) electrons. The van der Waals surface area contributed by atoms with E-state index in [2.05, 4.69) is 24.2 Å². The van der Waals surface area contributed by atoms with Crippen LogP contribution in [0.25, 0.3) is 5.69 Å². The Balaban J connectivity index is 2.34. The van der Waals surface area contributed by atoms with Crippen molar-refractivity contribution in [3.63, 3.8) is 0 Å². The number of rotatable bonds is 2. The smallest absolute Gasteiger partial charge is 0.0776 e. The van der Waals surface area contributed by atoms with Crippen molar-refractivity contribution in [3.05, 3.63) is 47.8 Å². The van der Waals surface area contributed by atoms with E-state index < -0.39 is 0 Å². The normalized spacial score (nSPS) is 10.4. The first-order chi connectivity index (χ1) is 6.79. The summed E-state index contributed by atoms with van der Waals surface area (Å²) in [7, 11) is 0. The van der Waals surface area contributed by atoms with E-state index in [1.807, 2.05) is 29.1 Å². The Kier molecular flexibility index (Phi) is 2.55. The van der Waals surface area contributed by atoms with E-state index >= 15 is 0 Å². The minimum atomic E-state index is 0.457. The van der Waals surface area contributed by atoms with Gasteiger partial charge in [0.2, 0.25) is 0 Å². The first kappa shape index (κ1) is 9.28. The van der Waals surface area contributed by atoms with E-state index in [1.54, 1.807) is 0 Å². The van der Waals surface area contributed by atoms with Gasteiger partial charge < -0.3 is 0 Å². The third kappa shape index (κ3) is 1.80. The van der Waals surface area contributed by atoms with Gasteiger partial charge in [0.15, 0.2) is 0 Å². The van der Waals surface area contributed by atoms with Crippen LogP contribution in [0.1, 0.15) is 11.3 Å². The Morgan fingerprint density at radius 2 is 1.93 bits per heavy atom. The summed E-state index contributed by atoms with van der Waals surface area (Å²) < 4.78 is 1.83. The number of nitrogens with zero attached hydrogens (tertiary/aromatic N) is 2. The van der Waals surface area contributed by atoms with E-state index in [1.165, 1.54) is 5.56 Å². The molecule has 0 N–H and O–H groups in total. The highest BCUT2D eigenvalue weighted by Gasteiger charge is 1.98. The van der Waals surface area contributed by atoms with E-state index in [0.29, 0.717) is 5.88 Å². The third-order valence-electron chi connectivity index (χ3n) is 2.08. The standard InChI is InChI=1S/C11H11ClN2/c1-9-2-4-11(5-3-9)14-7-6-10(8-12)13-14/h2-7H,8H2,1H3. The summed E-state index contributed by atoms with van der Waals surface area (Å²) in [4.78, 5) is 0. The Hall–Kier alpha value is -1.28. The number of alkyl halides is 1. The lowest BCUT2D eigenvalue weighted by molar-refractivity contribution is 0.858. The molecule has 1 heterocycles. The van der Waals surface area contributed by atoms with Gasteiger partial charge in [0.25, 0.3) is 0 Å². The fraction of sp³-hybridized carbons (Fsp3) is 0.182. The quantitative estimate of drug-likeness (QED) is 0.691. The predicted molar refractivity (Wildman–Crippen MR) is 57.9 cm³/mol. The second kappa shape index (κ2) is 3.84. The predicted octanol–water partition coefficient (Wildman–Crippen LogP) is 2.92. The van der Waals surface area contributed by atoms with E-state index in [-0.39, 0.29) is 0 Å². The molecule has 0 bridgehead atoms. The first-order valence-electron chi connectivity index (χ1n) is 4.47. The van der Waals surface area contributed by atoms with Crippen LogP contribution in [0.2, 0.25) is 0 Å². The Bertz CT molecular complexity index is 417. The van der Waals surface area contributed by atoms with Crippen LogP contribution in [-0.2, 0) is 5.88 Å². The Morgan fingerprint density at radius 1 is 1.21 bits per heavy atom. The van der Waals surface area contributed by atoms with Crippen LogP contribution in [0, 0.1) is 6.92 Å². The van der Waals surface area contributed by atoms with Crippen molar-refractivity contribution in [2.45, 2.75) is 12.8 Å². The lowest BCUT2D eigenvalue weighted by Gasteiger charge is -2.00.